The van der Waals surface area contributed by atoms with E-state index in [9.17, 15) is 0 Å². The molecular formula is C14H22N2OSi. The average molecular weight is 262 g/mol. The van der Waals surface area contributed by atoms with Crippen LogP contribution in [0, 0.1) is 16.7 Å². The Kier molecular flexibility index (Phi) is 5.06. The molecule has 0 aromatic carbocycles. The lowest BCUT2D eigenvalue weighted by atomic mass is 9.85. The lowest BCUT2D eigenvalue weighted by Gasteiger charge is -2.32. The second-order valence-corrected chi connectivity index (χ2v) is 8.27. The summed E-state index contributed by atoms with van der Waals surface area (Å²) >= 11 is 0. The van der Waals surface area contributed by atoms with E-state index in [4.69, 9.17) is 9.69 Å². The Morgan fingerprint density at radius 3 is 2.61 bits per heavy atom. The first-order chi connectivity index (χ1) is 8.32. The normalized spacial score (nSPS) is 13.4. The number of hydrogen-bond donors (Lipinski definition) is 0. The third-order valence-corrected chi connectivity index (χ3v) is 3.64. The molecule has 98 valence electrons. The van der Waals surface area contributed by atoms with Crippen molar-refractivity contribution in [3.8, 4) is 6.07 Å². The minimum atomic E-state index is -1.07. The number of rotatable bonds is 4. The predicted octanol–water partition coefficient (Wildman–Crippen LogP) is 2.91. The molecule has 1 heterocycles. The van der Waals surface area contributed by atoms with Gasteiger partial charge in [-0.1, -0.05) is 20.8 Å². The second kappa shape index (κ2) is 6.12. The number of aromatic nitrogens is 1. The summed E-state index contributed by atoms with van der Waals surface area (Å²) in [7, 11) is -1.07. The first-order valence-corrected chi connectivity index (χ1v) is 9.11. The largest absolute Gasteiger partial charge is 0.417 e. The maximum atomic E-state index is 8.86. The summed E-state index contributed by atoms with van der Waals surface area (Å²) in [5.74, 6) is 0. The number of nitrogens with zero attached hydrogens (tertiary/aromatic N) is 2. The maximum Gasteiger partial charge on any atom is 0.171 e. The molecule has 4 heteroatoms. The van der Waals surface area contributed by atoms with Gasteiger partial charge in [0.05, 0.1) is 6.10 Å². The van der Waals surface area contributed by atoms with E-state index in [1.54, 1.807) is 6.20 Å². The van der Waals surface area contributed by atoms with Gasteiger partial charge in [0.15, 0.2) is 9.04 Å². The molecule has 0 fully saturated rings. The molecule has 0 aliphatic carbocycles. The molecule has 1 unspecified atom stereocenters. The minimum Gasteiger partial charge on any atom is -0.417 e. The van der Waals surface area contributed by atoms with Gasteiger partial charge in [0.1, 0.15) is 11.8 Å². The molecule has 18 heavy (non-hydrogen) atoms. The van der Waals surface area contributed by atoms with E-state index in [-0.39, 0.29) is 11.5 Å². The fraction of sp³-hybridized carbons (Fsp3) is 0.571. The van der Waals surface area contributed by atoms with E-state index in [0.29, 0.717) is 5.69 Å². The van der Waals surface area contributed by atoms with Crippen LogP contribution in [0.25, 0.3) is 0 Å². The van der Waals surface area contributed by atoms with Crippen molar-refractivity contribution in [3.63, 3.8) is 0 Å². The van der Waals surface area contributed by atoms with Crippen LogP contribution in [-0.2, 0) is 10.8 Å². The average Bonchev–Trinajstić information content (AvgIpc) is 2.26. The summed E-state index contributed by atoms with van der Waals surface area (Å²) < 4.78 is 6.13. The summed E-state index contributed by atoms with van der Waals surface area (Å²) in [4.78, 5) is 4.00. The zero-order valence-corrected chi connectivity index (χ0v) is 13.1. The number of pyridine rings is 1. The summed E-state index contributed by atoms with van der Waals surface area (Å²) in [6.07, 6.45) is 2.73. The van der Waals surface area contributed by atoms with Gasteiger partial charge in [0.2, 0.25) is 0 Å². The van der Waals surface area contributed by atoms with Gasteiger partial charge in [-0.3, -0.25) is 0 Å². The zero-order valence-electron chi connectivity index (χ0n) is 11.9. The molecule has 0 aliphatic rings. The van der Waals surface area contributed by atoms with E-state index >= 15 is 0 Å². The van der Waals surface area contributed by atoms with Crippen LogP contribution in [0.4, 0.5) is 0 Å². The summed E-state index contributed by atoms with van der Waals surface area (Å²) in [5, 5.41) is 8.86. The smallest absolute Gasteiger partial charge is 0.171 e. The van der Waals surface area contributed by atoms with Crippen LogP contribution in [0.15, 0.2) is 18.3 Å². The first kappa shape index (κ1) is 14.9. The van der Waals surface area contributed by atoms with Crippen molar-refractivity contribution in [1.82, 2.24) is 4.98 Å². The molecule has 1 rings (SSSR count). The Morgan fingerprint density at radius 1 is 1.44 bits per heavy atom. The SMILES string of the molecule is C[SiH](C)OC(Cc1ccnc(C#N)c1)C(C)(C)C. The fourth-order valence-electron chi connectivity index (χ4n) is 1.76. The molecule has 0 N–H and O–H groups in total. The van der Waals surface area contributed by atoms with Gasteiger partial charge in [0, 0.05) is 6.20 Å². The van der Waals surface area contributed by atoms with Gasteiger partial charge >= 0.3 is 0 Å². The van der Waals surface area contributed by atoms with Gasteiger partial charge in [-0.15, -0.1) is 0 Å². The van der Waals surface area contributed by atoms with Crippen molar-refractivity contribution >= 4 is 9.04 Å². The monoisotopic (exact) mass is 262 g/mol. The quantitative estimate of drug-likeness (QED) is 0.784. The second-order valence-electron chi connectivity index (χ2n) is 5.90. The van der Waals surface area contributed by atoms with Crippen molar-refractivity contribution in [3.05, 3.63) is 29.6 Å². The van der Waals surface area contributed by atoms with Crippen molar-refractivity contribution in [1.29, 1.82) is 5.26 Å². The van der Waals surface area contributed by atoms with Crippen LogP contribution < -0.4 is 0 Å². The van der Waals surface area contributed by atoms with E-state index < -0.39 is 9.04 Å². The number of hydrogen-bond acceptors (Lipinski definition) is 3. The molecular weight excluding hydrogens is 240 g/mol. The highest BCUT2D eigenvalue weighted by molar-refractivity contribution is 6.48. The van der Waals surface area contributed by atoms with Gasteiger partial charge in [-0.05, 0) is 42.6 Å². The molecule has 0 aliphatic heterocycles. The molecule has 3 nitrogen and oxygen atoms in total. The van der Waals surface area contributed by atoms with Crippen LogP contribution in [0.3, 0.4) is 0 Å². The maximum absolute atomic E-state index is 8.86. The molecule has 0 radical (unpaired) electrons. The van der Waals surface area contributed by atoms with Gasteiger partial charge in [-0.25, -0.2) is 4.98 Å². The topological polar surface area (TPSA) is 45.9 Å². The van der Waals surface area contributed by atoms with Gasteiger partial charge in [-0.2, -0.15) is 5.26 Å². The molecule has 0 saturated heterocycles. The zero-order chi connectivity index (χ0) is 13.8. The third kappa shape index (κ3) is 4.59. The van der Waals surface area contributed by atoms with Crippen LogP contribution in [0.5, 0.6) is 0 Å². The standard InChI is InChI=1S/C14H22N2OSi/c1-14(2,3)13(17-18(4)5)9-11-6-7-16-12(8-11)10-15/h6-8,13,18H,9H2,1-5H3. The molecule has 1 aromatic heterocycles. The summed E-state index contributed by atoms with van der Waals surface area (Å²) in [5.41, 5.74) is 1.70. The highest BCUT2D eigenvalue weighted by atomic mass is 28.3. The van der Waals surface area contributed by atoms with E-state index in [0.717, 1.165) is 12.0 Å². The Balaban J connectivity index is 2.86. The predicted molar refractivity (Wildman–Crippen MR) is 75.9 cm³/mol. The van der Waals surface area contributed by atoms with Crippen LogP contribution in [-0.4, -0.2) is 20.1 Å². The van der Waals surface area contributed by atoms with Gasteiger partial charge in [0.25, 0.3) is 0 Å². The lowest BCUT2D eigenvalue weighted by Crippen LogP contribution is -2.35. The molecule has 1 aromatic rings. The molecule has 0 amide bonds. The van der Waals surface area contributed by atoms with Crippen molar-refractivity contribution in [2.24, 2.45) is 5.41 Å². The van der Waals surface area contributed by atoms with E-state index in [1.165, 1.54) is 0 Å². The van der Waals surface area contributed by atoms with Crippen molar-refractivity contribution < 1.29 is 4.43 Å². The summed E-state index contributed by atoms with van der Waals surface area (Å²) in [6.45, 7) is 11.0. The molecule has 0 bridgehead atoms. The van der Waals surface area contributed by atoms with Crippen LogP contribution >= 0.6 is 0 Å². The highest BCUT2D eigenvalue weighted by Crippen LogP contribution is 2.26. The Labute approximate surface area is 112 Å². The van der Waals surface area contributed by atoms with Gasteiger partial charge < -0.3 is 4.43 Å². The molecule has 0 saturated carbocycles. The highest BCUT2D eigenvalue weighted by Gasteiger charge is 2.26. The molecule has 1 atom stereocenters. The number of nitriles is 1. The Bertz CT molecular complexity index is 432. The van der Waals surface area contributed by atoms with Crippen molar-refractivity contribution in [2.75, 3.05) is 0 Å². The molecule has 0 spiro atoms. The first-order valence-electron chi connectivity index (χ1n) is 6.33. The Morgan fingerprint density at radius 2 is 2.11 bits per heavy atom. The lowest BCUT2D eigenvalue weighted by molar-refractivity contribution is 0.0867. The Hall–Kier alpha value is -1.18. The fourth-order valence-corrected chi connectivity index (χ4v) is 2.92. The van der Waals surface area contributed by atoms with Crippen molar-refractivity contribution in [2.45, 2.75) is 46.4 Å². The third-order valence-electron chi connectivity index (χ3n) is 2.76. The van der Waals surface area contributed by atoms with Crippen LogP contribution in [0.2, 0.25) is 13.1 Å². The van der Waals surface area contributed by atoms with E-state index in [2.05, 4.69) is 44.9 Å². The van der Waals surface area contributed by atoms with Crippen LogP contribution in [0.1, 0.15) is 32.0 Å². The summed E-state index contributed by atoms with van der Waals surface area (Å²) in [6, 6.07) is 5.89. The minimum absolute atomic E-state index is 0.105. The van der Waals surface area contributed by atoms with E-state index in [1.807, 2.05) is 12.1 Å².